The highest BCUT2D eigenvalue weighted by atomic mass is 19.1. The van der Waals surface area contributed by atoms with E-state index in [2.05, 4.69) is 20.7 Å². The molecule has 0 spiro atoms. The lowest BCUT2D eigenvalue weighted by Gasteiger charge is -2.45. The summed E-state index contributed by atoms with van der Waals surface area (Å²) < 4.78 is 45.6. The second-order valence-electron chi connectivity index (χ2n) is 10.5. The van der Waals surface area contributed by atoms with E-state index in [0.717, 1.165) is 12.8 Å². The predicted molar refractivity (Wildman–Crippen MR) is 141 cm³/mol. The molecule has 1 aromatic carbocycles. The monoisotopic (exact) mass is 572 g/mol. The van der Waals surface area contributed by atoms with Crippen LogP contribution in [0.5, 0.6) is 0 Å². The summed E-state index contributed by atoms with van der Waals surface area (Å²) >= 11 is 0. The van der Waals surface area contributed by atoms with Gasteiger partial charge in [-0.05, 0) is 49.9 Å². The molecule has 1 aliphatic heterocycles. The number of alkyl halides is 1. The number of likely N-dealkylation sites (tertiary alicyclic amines) is 1. The molecule has 2 fully saturated rings. The van der Waals surface area contributed by atoms with Crippen LogP contribution in [0, 0.1) is 18.7 Å². The third-order valence-electron chi connectivity index (χ3n) is 7.25. The number of halogens is 3. The molecular formula is C26H28BF3N6O5. The van der Waals surface area contributed by atoms with Gasteiger partial charge in [0, 0.05) is 36.5 Å². The number of benzene rings is 1. The molecule has 41 heavy (non-hydrogen) atoms. The number of nitrogens with one attached hydrogen (secondary N) is 2. The summed E-state index contributed by atoms with van der Waals surface area (Å²) in [5.74, 6) is -5.29. The number of aromatic nitrogens is 3. The number of anilines is 1. The van der Waals surface area contributed by atoms with Gasteiger partial charge < -0.3 is 31.1 Å². The van der Waals surface area contributed by atoms with Gasteiger partial charge in [-0.2, -0.15) is 9.49 Å². The Kier molecular flexibility index (Phi) is 7.59. The van der Waals surface area contributed by atoms with Crippen LogP contribution in [0.15, 0.2) is 36.8 Å². The summed E-state index contributed by atoms with van der Waals surface area (Å²) in [6.07, 6.45) is 4.04. The lowest BCUT2D eigenvalue weighted by atomic mass is 9.88. The number of pyridine rings is 1. The van der Waals surface area contributed by atoms with Crippen LogP contribution < -0.4 is 10.6 Å². The molecule has 2 aliphatic rings. The summed E-state index contributed by atoms with van der Waals surface area (Å²) in [7, 11) is 4.97. The van der Waals surface area contributed by atoms with Crippen LogP contribution in [-0.4, -0.2) is 96.8 Å². The maximum atomic E-state index is 14.9. The first-order chi connectivity index (χ1) is 19.2. The first-order valence-electron chi connectivity index (χ1n) is 12.9. The molecule has 11 nitrogen and oxygen atoms in total. The number of piperidine rings is 1. The Balaban J connectivity index is 1.33. The molecule has 15 heteroatoms. The van der Waals surface area contributed by atoms with E-state index in [9.17, 15) is 38.4 Å². The molecular weight excluding hydrogens is 544 g/mol. The van der Waals surface area contributed by atoms with Gasteiger partial charge in [-0.1, -0.05) is 0 Å². The minimum absolute atomic E-state index is 0.00522. The predicted octanol–water partition coefficient (Wildman–Crippen LogP) is 0.683. The molecule has 1 amide bonds. The largest absolute Gasteiger partial charge is 0.378 e. The Morgan fingerprint density at radius 2 is 1.85 bits per heavy atom. The number of rotatable bonds is 8. The van der Waals surface area contributed by atoms with Gasteiger partial charge in [-0.25, -0.2) is 23.3 Å². The molecule has 1 saturated heterocycles. The summed E-state index contributed by atoms with van der Waals surface area (Å²) in [4.78, 5) is 16.9. The zero-order chi connectivity index (χ0) is 29.7. The fraction of sp³-hybridized carbons (Fsp3) is 0.423. The molecule has 6 N–H and O–H groups in total. The van der Waals surface area contributed by atoms with Crippen LogP contribution in [-0.2, 0) is 0 Å². The molecule has 5 rings (SSSR count). The fourth-order valence-corrected chi connectivity index (χ4v) is 4.69. The molecule has 3 aromatic rings. The first kappa shape index (κ1) is 29.0. The zero-order valence-corrected chi connectivity index (χ0v) is 21.9. The first-order valence-corrected chi connectivity index (χ1v) is 12.9. The molecule has 1 aliphatic carbocycles. The lowest BCUT2D eigenvalue weighted by Crippen LogP contribution is -2.68. The quantitative estimate of drug-likeness (QED) is 0.130. The molecule has 216 valence electrons. The van der Waals surface area contributed by atoms with E-state index in [4.69, 9.17) is 7.85 Å². The minimum atomic E-state index is -3.40. The van der Waals surface area contributed by atoms with Crippen molar-refractivity contribution in [2.24, 2.45) is 0 Å². The second kappa shape index (κ2) is 10.7. The van der Waals surface area contributed by atoms with Gasteiger partial charge in [0.15, 0.2) is 13.5 Å². The summed E-state index contributed by atoms with van der Waals surface area (Å²) in [5, 5.41) is 48.6. The minimum Gasteiger partial charge on any atom is -0.378 e. The van der Waals surface area contributed by atoms with Crippen LogP contribution in [0.25, 0.3) is 16.8 Å². The molecule has 2 unspecified atom stereocenters. The van der Waals surface area contributed by atoms with Crippen molar-refractivity contribution in [1.29, 1.82) is 0 Å². The number of carbonyl (C=O) groups excluding carboxylic acids is 1. The molecule has 2 radical (unpaired) electrons. The molecule has 3 heterocycles. The Morgan fingerprint density at radius 1 is 1.12 bits per heavy atom. The fourth-order valence-electron chi connectivity index (χ4n) is 4.69. The molecule has 0 bridgehead atoms. The number of aryl methyl sites for hydroxylation is 1. The Morgan fingerprint density at radius 3 is 2.51 bits per heavy atom. The lowest BCUT2D eigenvalue weighted by molar-refractivity contribution is -0.382. The van der Waals surface area contributed by atoms with Crippen molar-refractivity contribution in [3.63, 3.8) is 0 Å². The van der Waals surface area contributed by atoms with Gasteiger partial charge in [0.25, 0.3) is 11.8 Å². The van der Waals surface area contributed by atoms with Gasteiger partial charge in [-0.15, -0.1) is 0 Å². The number of amides is 1. The standard InChI is InChI=1S/C26H28BF3N6O5/c1-13-6-19(28)18(24(37)34-15-2-3-15)8-22(13)36-11-14(9-32-36)17-7-16(10-31-23(17)30)33-21-4-5-35(12-20(21)29)26(40,41)25(27,38)39/h6-11,15,20-21,33,38-41H,2-5,12H2,1H3,(H,34,37). The smallest absolute Gasteiger partial charge is 0.270 e. The van der Waals surface area contributed by atoms with Gasteiger partial charge in [0.1, 0.15) is 12.0 Å². The Bertz CT molecular complexity index is 1460. The average molecular weight is 572 g/mol. The Labute approximate surface area is 234 Å². The van der Waals surface area contributed by atoms with E-state index in [0.29, 0.717) is 21.7 Å². The second-order valence-corrected chi connectivity index (χ2v) is 10.5. The topological polar surface area (TPSA) is 156 Å². The number of hydrogen-bond acceptors (Lipinski definition) is 9. The summed E-state index contributed by atoms with van der Waals surface area (Å²) in [6, 6.07) is 3.22. The maximum Gasteiger partial charge on any atom is 0.270 e. The van der Waals surface area contributed by atoms with Crippen LogP contribution in [0.4, 0.5) is 18.9 Å². The van der Waals surface area contributed by atoms with E-state index in [1.54, 1.807) is 6.92 Å². The summed E-state index contributed by atoms with van der Waals surface area (Å²) in [6.45, 7) is 0.910. The van der Waals surface area contributed by atoms with Crippen LogP contribution >= 0.6 is 0 Å². The number of aliphatic hydroxyl groups is 4. The third-order valence-corrected chi connectivity index (χ3v) is 7.25. The van der Waals surface area contributed by atoms with E-state index in [1.807, 2.05) is 0 Å². The van der Waals surface area contributed by atoms with Crippen molar-refractivity contribution in [2.45, 2.75) is 56.0 Å². The van der Waals surface area contributed by atoms with E-state index >= 15 is 0 Å². The highest BCUT2D eigenvalue weighted by molar-refractivity contribution is 6.13. The van der Waals surface area contributed by atoms with Crippen molar-refractivity contribution in [3.05, 3.63) is 59.7 Å². The number of hydrogen-bond donors (Lipinski definition) is 6. The zero-order valence-electron chi connectivity index (χ0n) is 21.9. The van der Waals surface area contributed by atoms with Crippen LogP contribution in [0.3, 0.4) is 0 Å². The van der Waals surface area contributed by atoms with Gasteiger partial charge in [-0.3, -0.25) is 4.79 Å². The average Bonchev–Trinajstić information content (AvgIpc) is 3.57. The van der Waals surface area contributed by atoms with Crippen molar-refractivity contribution in [2.75, 3.05) is 18.4 Å². The normalized spacial score (nSPS) is 20.2. The molecule has 2 aromatic heterocycles. The maximum absolute atomic E-state index is 14.9. The number of carbonyl (C=O) groups is 1. The highest BCUT2D eigenvalue weighted by Gasteiger charge is 2.50. The van der Waals surface area contributed by atoms with E-state index in [-0.39, 0.29) is 35.8 Å². The van der Waals surface area contributed by atoms with E-state index in [1.165, 1.54) is 41.5 Å². The number of nitrogens with zero attached hydrogens (tertiary/aromatic N) is 4. The van der Waals surface area contributed by atoms with Crippen molar-refractivity contribution >= 4 is 19.4 Å². The van der Waals surface area contributed by atoms with Crippen molar-refractivity contribution in [1.82, 2.24) is 25.0 Å². The van der Waals surface area contributed by atoms with Gasteiger partial charge >= 0.3 is 0 Å². The van der Waals surface area contributed by atoms with Gasteiger partial charge in [0.2, 0.25) is 5.95 Å². The van der Waals surface area contributed by atoms with Gasteiger partial charge in [0.05, 0.1) is 35.4 Å². The van der Waals surface area contributed by atoms with E-state index < -0.39 is 48.0 Å². The Hall–Kier alpha value is -3.50. The molecule has 1 saturated carbocycles. The van der Waals surface area contributed by atoms with Crippen LogP contribution in [0.2, 0.25) is 0 Å². The SMILES string of the molecule is [B]C(O)(O)C(O)(O)N1CCC(Nc2cnc(F)c(-c3cnn(-c4cc(C(=O)NC5CC5)c(F)cc4C)c3)c2)C(F)C1. The van der Waals surface area contributed by atoms with Crippen molar-refractivity contribution in [3.8, 4) is 16.8 Å². The van der Waals surface area contributed by atoms with Crippen molar-refractivity contribution < 1.29 is 38.4 Å². The third kappa shape index (κ3) is 5.94. The van der Waals surface area contributed by atoms with Crippen LogP contribution in [0.1, 0.15) is 35.2 Å². The molecule has 2 atom stereocenters. The summed E-state index contributed by atoms with van der Waals surface area (Å²) in [5.41, 5.74) is -1.99. The highest BCUT2D eigenvalue weighted by Crippen LogP contribution is 2.30.